The second kappa shape index (κ2) is 9.30. The number of rotatable bonds is 10. The smallest absolute Gasteiger partial charge is 0.221 e. The average Bonchev–Trinajstić information content (AvgIpc) is 2.77. The Balaban J connectivity index is 1.90. The Labute approximate surface area is 109 Å². The first kappa shape index (κ1) is 15.4. The molecule has 2 atom stereocenters. The van der Waals surface area contributed by atoms with E-state index in [0.717, 1.165) is 13.0 Å². The van der Waals surface area contributed by atoms with Crippen LogP contribution in [0.15, 0.2) is 0 Å². The molecule has 18 heavy (non-hydrogen) atoms. The molecule has 0 radical (unpaired) electrons. The largest absolute Gasteiger partial charge is 0.389 e. The van der Waals surface area contributed by atoms with E-state index in [9.17, 15) is 9.90 Å². The van der Waals surface area contributed by atoms with Gasteiger partial charge in [0.15, 0.2) is 0 Å². The van der Waals surface area contributed by atoms with Gasteiger partial charge in [-0.2, -0.15) is 0 Å². The highest BCUT2D eigenvalue weighted by molar-refractivity contribution is 5.78. The molecule has 0 aromatic carbocycles. The van der Waals surface area contributed by atoms with Gasteiger partial charge in [-0.15, -0.1) is 0 Å². The van der Waals surface area contributed by atoms with Crippen LogP contribution in [0.5, 0.6) is 0 Å². The number of amides is 1. The number of aliphatic hydroxyl groups excluding tert-OH is 1. The third kappa shape index (κ3) is 6.93. The van der Waals surface area contributed by atoms with Gasteiger partial charge in [0.1, 0.15) is 0 Å². The minimum Gasteiger partial charge on any atom is -0.389 e. The molecule has 1 aliphatic rings. The van der Waals surface area contributed by atoms with Gasteiger partial charge in [-0.25, -0.2) is 0 Å². The molecule has 2 unspecified atom stereocenters. The molecule has 0 spiro atoms. The van der Waals surface area contributed by atoms with E-state index in [2.05, 4.69) is 17.6 Å². The maximum atomic E-state index is 11.0. The molecule has 0 bridgehead atoms. The Hall–Kier alpha value is -0.650. The van der Waals surface area contributed by atoms with Crippen LogP contribution in [0.4, 0.5) is 0 Å². The molecular weight excluding hydrogens is 232 g/mol. The molecule has 5 nitrogen and oxygen atoms in total. The summed E-state index contributed by atoms with van der Waals surface area (Å²) in [5.74, 6) is 0.0779. The molecule has 0 aromatic rings. The van der Waals surface area contributed by atoms with Crippen molar-refractivity contribution in [1.29, 1.82) is 0 Å². The lowest BCUT2D eigenvalue weighted by Crippen LogP contribution is -2.38. The predicted molar refractivity (Wildman–Crippen MR) is 70.4 cm³/mol. The summed E-state index contributed by atoms with van der Waals surface area (Å²) in [5.41, 5.74) is 0. The van der Waals surface area contributed by atoms with Crippen molar-refractivity contribution in [1.82, 2.24) is 10.6 Å². The highest BCUT2D eigenvalue weighted by Gasteiger charge is 2.21. The molecule has 1 rings (SSSR count). The Morgan fingerprint density at radius 1 is 1.50 bits per heavy atom. The molecule has 1 aliphatic heterocycles. The molecule has 1 fully saturated rings. The van der Waals surface area contributed by atoms with Gasteiger partial charge in [0.05, 0.1) is 12.7 Å². The first-order valence-electron chi connectivity index (χ1n) is 6.98. The summed E-state index contributed by atoms with van der Waals surface area (Å²) in [6, 6.07) is 0.150. The highest BCUT2D eigenvalue weighted by Crippen LogP contribution is 2.00. The maximum Gasteiger partial charge on any atom is 0.221 e. The molecule has 0 saturated carbocycles. The summed E-state index contributed by atoms with van der Waals surface area (Å²) >= 11 is 0. The quantitative estimate of drug-likeness (QED) is 0.497. The number of hydrogen-bond acceptors (Lipinski definition) is 4. The number of nitrogens with one attached hydrogen (secondary N) is 2. The van der Waals surface area contributed by atoms with Crippen LogP contribution < -0.4 is 10.6 Å². The summed E-state index contributed by atoms with van der Waals surface area (Å²) in [5, 5.41) is 15.6. The zero-order chi connectivity index (χ0) is 13.2. The zero-order valence-electron chi connectivity index (χ0n) is 11.3. The molecule has 0 aromatic heterocycles. The van der Waals surface area contributed by atoms with Crippen molar-refractivity contribution >= 4 is 5.91 Å². The second-order valence-corrected chi connectivity index (χ2v) is 4.90. The van der Waals surface area contributed by atoms with E-state index in [-0.39, 0.29) is 11.9 Å². The van der Waals surface area contributed by atoms with Crippen LogP contribution in [0.2, 0.25) is 0 Å². The van der Waals surface area contributed by atoms with Gasteiger partial charge in [0.25, 0.3) is 0 Å². The van der Waals surface area contributed by atoms with Crippen LogP contribution in [-0.2, 0) is 9.53 Å². The Kier molecular flexibility index (Phi) is 7.96. The molecule has 1 saturated heterocycles. The minimum atomic E-state index is -0.494. The fraction of sp³-hybridized carbons (Fsp3) is 0.923. The normalized spacial score (nSPS) is 21.0. The number of carbonyl (C=O) groups excluding carboxylic acids is 1. The van der Waals surface area contributed by atoms with Crippen molar-refractivity contribution in [2.24, 2.45) is 0 Å². The van der Waals surface area contributed by atoms with E-state index in [0.29, 0.717) is 26.1 Å². The van der Waals surface area contributed by atoms with Crippen LogP contribution in [0.25, 0.3) is 0 Å². The number of carbonyl (C=O) groups is 1. The van der Waals surface area contributed by atoms with Crippen LogP contribution in [-0.4, -0.2) is 49.5 Å². The summed E-state index contributed by atoms with van der Waals surface area (Å²) < 4.78 is 5.41. The van der Waals surface area contributed by atoms with Crippen LogP contribution >= 0.6 is 0 Å². The summed E-state index contributed by atoms with van der Waals surface area (Å²) in [6.45, 7) is 4.41. The third-order valence-corrected chi connectivity index (χ3v) is 3.07. The van der Waals surface area contributed by atoms with E-state index in [1.54, 1.807) is 0 Å². The van der Waals surface area contributed by atoms with Crippen molar-refractivity contribution in [3.8, 4) is 0 Å². The first-order valence-corrected chi connectivity index (χ1v) is 6.98. The van der Waals surface area contributed by atoms with Crippen molar-refractivity contribution in [3.05, 3.63) is 0 Å². The standard InChI is InChI=1S/C13H26N2O3/c1-2-3-4-5-6-18-10-12(16)9-14-11-7-13(17)15-8-11/h11-12,14,16H,2-10H2,1H3,(H,15,17). The zero-order valence-corrected chi connectivity index (χ0v) is 11.3. The lowest BCUT2D eigenvalue weighted by molar-refractivity contribution is -0.119. The Morgan fingerprint density at radius 2 is 2.33 bits per heavy atom. The van der Waals surface area contributed by atoms with Crippen LogP contribution in [0, 0.1) is 0 Å². The summed E-state index contributed by atoms with van der Waals surface area (Å²) in [7, 11) is 0. The number of aliphatic hydroxyl groups is 1. The van der Waals surface area contributed by atoms with Crippen LogP contribution in [0.1, 0.15) is 39.0 Å². The molecule has 3 N–H and O–H groups in total. The van der Waals surface area contributed by atoms with Gasteiger partial charge in [0.2, 0.25) is 5.91 Å². The molecule has 106 valence electrons. The monoisotopic (exact) mass is 258 g/mol. The van der Waals surface area contributed by atoms with Gasteiger partial charge in [-0.1, -0.05) is 26.2 Å². The van der Waals surface area contributed by atoms with Gasteiger partial charge >= 0.3 is 0 Å². The fourth-order valence-electron chi connectivity index (χ4n) is 1.96. The van der Waals surface area contributed by atoms with Crippen molar-refractivity contribution in [3.63, 3.8) is 0 Å². The summed E-state index contributed by atoms with van der Waals surface area (Å²) in [4.78, 5) is 11.0. The SMILES string of the molecule is CCCCCCOCC(O)CNC1CNC(=O)C1. The average molecular weight is 258 g/mol. The first-order chi connectivity index (χ1) is 8.72. The second-order valence-electron chi connectivity index (χ2n) is 4.90. The van der Waals surface area contributed by atoms with Gasteiger partial charge in [-0.3, -0.25) is 4.79 Å². The van der Waals surface area contributed by atoms with Gasteiger partial charge < -0.3 is 20.5 Å². The van der Waals surface area contributed by atoms with E-state index in [1.807, 2.05) is 0 Å². The van der Waals surface area contributed by atoms with Crippen LogP contribution in [0.3, 0.4) is 0 Å². The fourth-order valence-corrected chi connectivity index (χ4v) is 1.96. The lowest BCUT2D eigenvalue weighted by Gasteiger charge is -2.15. The van der Waals surface area contributed by atoms with Gasteiger partial charge in [0, 0.05) is 32.2 Å². The van der Waals surface area contributed by atoms with E-state index in [1.165, 1.54) is 19.3 Å². The van der Waals surface area contributed by atoms with E-state index in [4.69, 9.17) is 4.74 Å². The molecule has 1 amide bonds. The maximum absolute atomic E-state index is 11.0. The van der Waals surface area contributed by atoms with Crippen molar-refractivity contribution in [2.75, 3.05) is 26.3 Å². The Morgan fingerprint density at radius 3 is 3.00 bits per heavy atom. The van der Waals surface area contributed by atoms with Crippen molar-refractivity contribution in [2.45, 2.75) is 51.2 Å². The topological polar surface area (TPSA) is 70.6 Å². The number of ether oxygens (including phenoxy) is 1. The molecule has 1 heterocycles. The highest BCUT2D eigenvalue weighted by atomic mass is 16.5. The minimum absolute atomic E-state index is 0.0779. The number of hydrogen-bond donors (Lipinski definition) is 3. The summed E-state index contributed by atoms with van der Waals surface area (Å²) in [6.07, 6.45) is 4.74. The Bertz CT molecular complexity index is 236. The molecular formula is C13H26N2O3. The third-order valence-electron chi connectivity index (χ3n) is 3.07. The molecule has 5 heteroatoms. The number of unbranched alkanes of at least 4 members (excludes halogenated alkanes) is 3. The molecule has 0 aliphatic carbocycles. The lowest BCUT2D eigenvalue weighted by atomic mass is 10.2. The predicted octanol–water partition coefficient (Wildman–Crippen LogP) is 0.422. The van der Waals surface area contributed by atoms with E-state index < -0.39 is 6.10 Å². The van der Waals surface area contributed by atoms with E-state index >= 15 is 0 Å². The van der Waals surface area contributed by atoms with Crippen molar-refractivity contribution < 1.29 is 14.6 Å². The van der Waals surface area contributed by atoms with Gasteiger partial charge in [-0.05, 0) is 6.42 Å².